The smallest absolute Gasteiger partial charge is 0.243 e. The number of piperazine rings is 1. The molecule has 30 heavy (non-hydrogen) atoms. The number of aromatic nitrogens is 1. The molecule has 1 saturated heterocycles. The summed E-state index contributed by atoms with van der Waals surface area (Å²) in [6, 6.07) is 9.74. The zero-order valence-corrected chi connectivity index (χ0v) is 18.2. The number of halogens is 3. The van der Waals surface area contributed by atoms with Crippen LogP contribution in [-0.4, -0.2) is 43.9 Å². The summed E-state index contributed by atoms with van der Waals surface area (Å²) in [5.41, 5.74) is 1.59. The first kappa shape index (κ1) is 21.2. The number of sulfonamides is 1. The average Bonchev–Trinajstić information content (AvgIpc) is 3.19. The number of thiazole rings is 1. The third kappa shape index (κ3) is 4.49. The van der Waals surface area contributed by atoms with E-state index in [1.54, 1.807) is 6.07 Å². The highest BCUT2D eigenvalue weighted by molar-refractivity contribution is 7.89. The molecule has 0 aliphatic carbocycles. The molecule has 0 bridgehead atoms. The van der Waals surface area contributed by atoms with Crippen LogP contribution in [-0.2, 0) is 16.4 Å². The van der Waals surface area contributed by atoms with Crippen molar-refractivity contribution in [2.45, 2.75) is 11.3 Å². The lowest BCUT2D eigenvalue weighted by atomic mass is 10.1. The third-order valence-electron chi connectivity index (χ3n) is 4.85. The van der Waals surface area contributed by atoms with E-state index in [0.29, 0.717) is 19.5 Å². The quantitative estimate of drug-likeness (QED) is 0.562. The van der Waals surface area contributed by atoms with Gasteiger partial charge in [0.05, 0.1) is 15.6 Å². The number of rotatable bonds is 5. The number of hydrogen-bond acceptors (Lipinski definition) is 5. The predicted molar refractivity (Wildman–Crippen MR) is 114 cm³/mol. The normalized spacial score (nSPS) is 15.5. The molecule has 10 heteroatoms. The van der Waals surface area contributed by atoms with E-state index in [4.69, 9.17) is 11.6 Å². The van der Waals surface area contributed by atoms with Gasteiger partial charge in [0.1, 0.15) is 11.6 Å². The number of hydrogen-bond donors (Lipinski definition) is 0. The van der Waals surface area contributed by atoms with Crippen LogP contribution in [0.3, 0.4) is 0 Å². The van der Waals surface area contributed by atoms with Crippen molar-refractivity contribution >= 4 is 38.1 Å². The molecule has 3 aromatic rings. The highest BCUT2D eigenvalue weighted by Gasteiger charge is 2.29. The van der Waals surface area contributed by atoms with E-state index >= 15 is 0 Å². The van der Waals surface area contributed by atoms with Gasteiger partial charge in [-0.05, 0) is 35.9 Å². The Hall–Kier alpha value is -2.07. The van der Waals surface area contributed by atoms with Crippen LogP contribution in [0, 0.1) is 11.6 Å². The van der Waals surface area contributed by atoms with Crippen molar-refractivity contribution in [3.63, 3.8) is 0 Å². The van der Waals surface area contributed by atoms with Crippen molar-refractivity contribution in [1.29, 1.82) is 0 Å². The van der Waals surface area contributed by atoms with Gasteiger partial charge in [0.15, 0.2) is 5.13 Å². The van der Waals surface area contributed by atoms with E-state index < -0.39 is 21.7 Å². The molecule has 1 aliphatic rings. The molecule has 0 unspecified atom stereocenters. The van der Waals surface area contributed by atoms with Crippen molar-refractivity contribution in [3.05, 3.63) is 75.8 Å². The van der Waals surface area contributed by atoms with Gasteiger partial charge in [-0.15, -0.1) is 11.3 Å². The van der Waals surface area contributed by atoms with Gasteiger partial charge in [0, 0.05) is 38.0 Å². The van der Waals surface area contributed by atoms with E-state index in [0.717, 1.165) is 22.5 Å². The molecule has 1 fully saturated rings. The molecule has 0 N–H and O–H groups in total. The van der Waals surface area contributed by atoms with Gasteiger partial charge in [0.2, 0.25) is 10.0 Å². The Labute approximate surface area is 182 Å². The maximum Gasteiger partial charge on any atom is 0.243 e. The first-order chi connectivity index (χ1) is 14.3. The summed E-state index contributed by atoms with van der Waals surface area (Å²) in [6.45, 7) is 1.54. The maximum atomic E-state index is 13.6. The fraction of sp³-hybridized carbons (Fsp3) is 0.250. The van der Waals surface area contributed by atoms with Crippen LogP contribution in [0.2, 0.25) is 5.02 Å². The van der Waals surface area contributed by atoms with Crippen molar-refractivity contribution in [1.82, 2.24) is 9.29 Å². The van der Waals surface area contributed by atoms with E-state index in [1.807, 2.05) is 10.3 Å². The van der Waals surface area contributed by atoms with Crippen LogP contribution in [0.15, 0.2) is 52.7 Å². The van der Waals surface area contributed by atoms with E-state index in [1.165, 1.54) is 46.0 Å². The number of anilines is 1. The second-order valence-corrected chi connectivity index (χ2v) is 10.1. The van der Waals surface area contributed by atoms with Gasteiger partial charge in [-0.3, -0.25) is 0 Å². The number of benzene rings is 2. The third-order valence-corrected chi connectivity index (χ3v) is 8.00. The first-order valence-electron chi connectivity index (χ1n) is 9.22. The average molecular weight is 470 g/mol. The van der Waals surface area contributed by atoms with Gasteiger partial charge >= 0.3 is 0 Å². The lowest BCUT2D eigenvalue weighted by Gasteiger charge is -2.33. The SMILES string of the molecule is O=S(=O)(c1cccc(F)c1)N1CCN(c2nc(Cc3ccc(Cl)c(F)c3)cs2)CC1. The summed E-state index contributed by atoms with van der Waals surface area (Å²) < 4.78 is 53.9. The van der Waals surface area contributed by atoms with Crippen LogP contribution in [0.1, 0.15) is 11.3 Å². The molecule has 1 aromatic heterocycles. The zero-order valence-electron chi connectivity index (χ0n) is 15.8. The Morgan fingerprint density at radius 1 is 1.07 bits per heavy atom. The summed E-state index contributed by atoms with van der Waals surface area (Å²) >= 11 is 7.19. The summed E-state index contributed by atoms with van der Waals surface area (Å²) in [7, 11) is -3.73. The van der Waals surface area contributed by atoms with Crippen LogP contribution in [0.4, 0.5) is 13.9 Å². The molecule has 5 nitrogen and oxygen atoms in total. The molecule has 2 heterocycles. The second-order valence-electron chi connectivity index (χ2n) is 6.90. The Balaban J connectivity index is 1.40. The predicted octanol–water partition coefficient (Wildman–Crippen LogP) is 4.18. The van der Waals surface area contributed by atoms with Crippen molar-refractivity contribution in [2.75, 3.05) is 31.1 Å². The Bertz CT molecular complexity index is 1160. The first-order valence-corrected chi connectivity index (χ1v) is 11.9. The van der Waals surface area contributed by atoms with Gasteiger partial charge in [-0.1, -0.05) is 23.7 Å². The molecule has 0 amide bonds. The second kappa shape index (κ2) is 8.58. The van der Waals surface area contributed by atoms with Gasteiger partial charge in [0.25, 0.3) is 0 Å². The zero-order chi connectivity index (χ0) is 21.3. The minimum Gasteiger partial charge on any atom is -0.345 e. The molecule has 0 spiro atoms. The van der Waals surface area contributed by atoms with Crippen molar-refractivity contribution in [2.24, 2.45) is 0 Å². The fourth-order valence-electron chi connectivity index (χ4n) is 3.28. The molecule has 2 aromatic carbocycles. The fourth-order valence-corrected chi connectivity index (χ4v) is 5.73. The summed E-state index contributed by atoms with van der Waals surface area (Å²) in [6.07, 6.45) is 0.485. The largest absolute Gasteiger partial charge is 0.345 e. The van der Waals surface area contributed by atoms with Crippen LogP contribution in [0.25, 0.3) is 0 Å². The van der Waals surface area contributed by atoms with Crippen LogP contribution < -0.4 is 4.90 Å². The van der Waals surface area contributed by atoms with Crippen molar-refractivity contribution < 1.29 is 17.2 Å². The molecule has 0 radical (unpaired) electrons. The summed E-state index contributed by atoms with van der Waals surface area (Å²) in [5, 5.41) is 2.79. The molecule has 1 aliphatic heterocycles. The van der Waals surface area contributed by atoms with Gasteiger partial charge in [-0.25, -0.2) is 22.2 Å². The number of nitrogens with zero attached hydrogens (tertiary/aromatic N) is 3. The minimum atomic E-state index is -3.73. The molecule has 4 rings (SSSR count). The lowest BCUT2D eigenvalue weighted by molar-refractivity contribution is 0.384. The molecular formula is C20H18ClF2N3O2S2. The highest BCUT2D eigenvalue weighted by atomic mass is 35.5. The Morgan fingerprint density at radius 3 is 2.53 bits per heavy atom. The Kier molecular flexibility index (Phi) is 6.06. The molecule has 0 atom stereocenters. The molecule has 158 valence electrons. The monoisotopic (exact) mass is 469 g/mol. The summed E-state index contributed by atoms with van der Waals surface area (Å²) in [4.78, 5) is 6.59. The van der Waals surface area contributed by atoms with Crippen molar-refractivity contribution in [3.8, 4) is 0 Å². The minimum absolute atomic E-state index is 0.0392. The van der Waals surface area contributed by atoms with E-state index in [2.05, 4.69) is 4.98 Å². The van der Waals surface area contributed by atoms with E-state index in [9.17, 15) is 17.2 Å². The Morgan fingerprint density at radius 2 is 1.83 bits per heavy atom. The van der Waals surface area contributed by atoms with Gasteiger partial charge < -0.3 is 4.90 Å². The standard InChI is InChI=1S/C20H18ClF2N3O2S2/c21-18-5-4-14(11-19(18)23)10-16-13-29-20(24-16)25-6-8-26(9-7-25)30(27,28)17-3-1-2-15(22)12-17/h1-5,11-13H,6-10H2. The van der Waals surface area contributed by atoms with Crippen LogP contribution in [0.5, 0.6) is 0 Å². The van der Waals surface area contributed by atoms with Crippen LogP contribution >= 0.6 is 22.9 Å². The summed E-state index contributed by atoms with van der Waals surface area (Å²) in [5.74, 6) is -1.04. The lowest BCUT2D eigenvalue weighted by Crippen LogP contribution is -2.48. The topological polar surface area (TPSA) is 53.5 Å². The molecular weight excluding hydrogens is 452 g/mol. The molecule has 0 saturated carbocycles. The highest BCUT2D eigenvalue weighted by Crippen LogP contribution is 2.26. The van der Waals surface area contributed by atoms with E-state index in [-0.39, 0.29) is 23.0 Å². The maximum absolute atomic E-state index is 13.6. The van der Waals surface area contributed by atoms with Gasteiger partial charge in [-0.2, -0.15) is 4.31 Å².